The van der Waals surface area contributed by atoms with Gasteiger partial charge in [0.15, 0.2) is 5.11 Å². The first kappa shape index (κ1) is 14.8. The summed E-state index contributed by atoms with van der Waals surface area (Å²) < 4.78 is 1.12. The van der Waals surface area contributed by atoms with E-state index in [2.05, 4.69) is 51.4 Å². The number of hydrogen-bond donors (Lipinski definition) is 1. The first-order valence-corrected chi connectivity index (χ1v) is 8.11. The van der Waals surface area contributed by atoms with Crippen molar-refractivity contribution < 1.29 is 0 Å². The molecular formula is C15H21BrN2S. The molecule has 1 fully saturated rings. The molecule has 1 N–H and O–H groups in total. The molecular weight excluding hydrogens is 320 g/mol. The molecule has 0 heterocycles. The predicted molar refractivity (Wildman–Crippen MR) is 88.2 cm³/mol. The van der Waals surface area contributed by atoms with Gasteiger partial charge in [0.25, 0.3) is 0 Å². The number of rotatable bonds is 3. The van der Waals surface area contributed by atoms with E-state index in [1.165, 1.54) is 37.7 Å². The zero-order valence-electron chi connectivity index (χ0n) is 11.4. The summed E-state index contributed by atoms with van der Waals surface area (Å²) in [6, 6.07) is 8.95. The second-order valence-corrected chi connectivity index (χ2v) is 6.57. The molecule has 0 radical (unpaired) electrons. The Morgan fingerprint density at radius 3 is 2.79 bits per heavy atom. The lowest BCUT2D eigenvalue weighted by atomic mass is 9.96. The second kappa shape index (κ2) is 7.25. The van der Waals surface area contributed by atoms with Gasteiger partial charge in [0.05, 0.1) is 0 Å². The smallest absolute Gasteiger partial charge is 0.169 e. The third-order valence-electron chi connectivity index (χ3n) is 3.59. The summed E-state index contributed by atoms with van der Waals surface area (Å²) in [6.45, 7) is 0.845. The molecule has 0 bridgehead atoms. The van der Waals surface area contributed by atoms with Gasteiger partial charge in [0.2, 0.25) is 0 Å². The van der Waals surface area contributed by atoms with E-state index in [1.54, 1.807) is 0 Å². The van der Waals surface area contributed by atoms with Crippen LogP contribution < -0.4 is 5.32 Å². The summed E-state index contributed by atoms with van der Waals surface area (Å²) in [4.78, 5) is 2.12. The Morgan fingerprint density at radius 1 is 1.37 bits per heavy atom. The zero-order valence-corrected chi connectivity index (χ0v) is 13.8. The van der Waals surface area contributed by atoms with Gasteiger partial charge in [-0.05, 0) is 42.8 Å². The van der Waals surface area contributed by atoms with Crippen LogP contribution in [0.5, 0.6) is 0 Å². The van der Waals surface area contributed by atoms with E-state index in [0.717, 1.165) is 16.1 Å². The van der Waals surface area contributed by atoms with Gasteiger partial charge in [-0.1, -0.05) is 47.3 Å². The SMILES string of the molecule is CN(Cc1cccc(Br)c1)C(=S)NC1CCCCC1. The van der Waals surface area contributed by atoms with Crippen molar-refractivity contribution in [3.63, 3.8) is 0 Å². The van der Waals surface area contributed by atoms with Crippen molar-refractivity contribution in [2.24, 2.45) is 0 Å². The Labute approximate surface area is 129 Å². The number of hydrogen-bond acceptors (Lipinski definition) is 1. The molecule has 1 aromatic rings. The molecule has 1 saturated carbocycles. The molecule has 1 aliphatic carbocycles. The first-order valence-electron chi connectivity index (χ1n) is 6.91. The van der Waals surface area contributed by atoms with Crippen molar-refractivity contribution in [3.8, 4) is 0 Å². The van der Waals surface area contributed by atoms with E-state index in [1.807, 2.05) is 6.07 Å². The van der Waals surface area contributed by atoms with Crippen molar-refractivity contribution >= 4 is 33.3 Å². The molecule has 0 saturated heterocycles. The monoisotopic (exact) mass is 340 g/mol. The summed E-state index contributed by atoms with van der Waals surface area (Å²) >= 11 is 8.99. The fraction of sp³-hybridized carbons (Fsp3) is 0.533. The van der Waals surface area contributed by atoms with E-state index in [0.29, 0.717) is 6.04 Å². The first-order chi connectivity index (χ1) is 9.15. The lowest BCUT2D eigenvalue weighted by Crippen LogP contribution is -2.43. The van der Waals surface area contributed by atoms with Crippen LogP contribution in [0.1, 0.15) is 37.7 Å². The van der Waals surface area contributed by atoms with Gasteiger partial charge in [-0.3, -0.25) is 0 Å². The maximum atomic E-state index is 5.49. The largest absolute Gasteiger partial charge is 0.360 e. The van der Waals surface area contributed by atoms with Crippen molar-refractivity contribution in [1.82, 2.24) is 10.2 Å². The van der Waals surface area contributed by atoms with Crippen LogP contribution in [-0.2, 0) is 6.54 Å². The average molecular weight is 341 g/mol. The fourth-order valence-electron chi connectivity index (χ4n) is 2.51. The molecule has 0 spiro atoms. The number of halogens is 1. The molecule has 2 nitrogen and oxygen atoms in total. The number of benzene rings is 1. The topological polar surface area (TPSA) is 15.3 Å². The van der Waals surface area contributed by atoms with Crippen LogP contribution in [0.3, 0.4) is 0 Å². The Kier molecular flexibility index (Phi) is 5.64. The Bertz CT molecular complexity index is 430. The van der Waals surface area contributed by atoms with Crippen molar-refractivity contribution in [1.29, 1.82) is 0 Å². The highest BCUT2D eigenvalue weighted by atomic mass is 79.9. The summed E-state index contributed by atoms with van der Waals surface area (Å²) in [5.74, 6) is 0. The van der Waals surface area contributed by atoms with Gasteiger partial charge in [-0.2, -0.15) is 0 Å². The van der Waals surface area contributed by atoms with Crippen molar-refractivity contribution in [3.05, 3.63) is 34.3 Å². The molecule has 0 aromatic heterocycles. The minimum atomic E-state index is 0.575. The second-order valence-electron chi connectivity index (χ2n) is 5.27. The third kappa shape index (κ3) is 4.77. The van der Waals surface area contributed by atoms with Gasteiger partial charge in [0, 0.05) is 24.1 Å². The van der Waals surface area contributed by atoms with E-state index in [9.17, 15) is 0 Å². The Balaban J connectivity index is 1.84. The van der Waals surface area contributed by atoms with E-state index >= 15 is 0 Å². The summed E-state index contributed by atoms with van der Waals surface area (Å²) in [5.41, 5.74) is 1.27. The van der Waals surface area contributed by atoms with E-state index < -0.39 is 0 Å². The molecule has 0 unspecified atom stereocenters. The standard InChI is InChI=1S/C15H21BrN2S/c1-18(11-12-6-5-7-13(16)10-12)15(19)17-14-8-3-2-4-9-14/h5-7,10,14H,2-4,8-9,11H2,1H3,(H,17,19). The molecule has 0 atom stereocenters. The van der Waals surface area contributed by atoms with Crippen molar-refractivity contribution in [2.75, 3.05) is 7.05 Å². The van der Waals surface area contributed by atoms with Crippen LogP contribution in [0.25, 0.3) is 0 Å². The van der Waals surface area contributed by atoms with Gasteiger partial charge in [0.1, 0.15) is 0 Å². The Hall–Kier alpha value is -0.610. The van der Waals surface area contributed by atoms with Gasteiger partial charge >= 0.3 is 0 Å². The molecule has 104 valence electrons. The van der Waals surface area contributed by atoms with E-state index in [4.69, 9.17) is 12.2 Å². The molecule has 1 aliphatic rings. The van der Waals surface area contributed by atoms with Crippen molar-refractivity contribution in [2.45, 2.75) is 44.7 Å². The van der Waals surface area contributed by atoms with Crippen LogP contribution in [0.2, 0.25) is 0 Å². The average Bonchev–Trinajstić information content (AvgIpc) is 2.40. The number of nitrogens with one attached hydrogen (secondary N) is 1. The number of thiocarbonyl (C=S) groups is 1. The molecule has 0 aliphatic heterocycles. The van der Waals surface area contributed by atoms with Gasteiger partial charge in [-0.15, -0.1) is 0 Å². The quantitative estimate of drug-likeness (QED) is 0.834. The van der Waals surface area contributed by atoms with Crippen LogP contribution in [-0.4, -0.2) is 23.1 Å². The summed E-state index contributed by atoms with van der Waals surface area (Å²) in [5, 5.41) is 4.37. The van der Waals surface area contributed by atoms with E-state index in [-0.39, 0.29) is 0 Å². The van der Waals surface area contributed by atoms with Gasteiger partial charge in [-0.25, -0.2) is 0 Å². The van der Waals surface area contributed by atoms with Gasteiger partial charge < -0.3 is 10.2 Å². The summed E-state index contributed by atoms with van der Waals surface area (Å²) in [6.07, 6.45) is 6.54. The molecule has 1 aromatic carbocycles. The minimum Gasteiger partial charge on any atom is -0.360 e. The van der Waals surface area contributed by atoms with Crippen LogP contribution in [0, 0.1) is 0 Å². The third-order valence-corrected chi connectivity index (χ3v) is 4.51. The Morgan fingerprint density at radius 2 is 2.11 bits per heavy atom. The zero-order chi connectivity index (χ0) is 13.7. The number of nitrogens with zero attached hydrogens (tertiary/aromatic N) is 1. The molecule has 0 amide bonds. The maximum absolute atomic E-state index is 5.49. The summed E-state index contributed by atoms with van der Waals surface area (Å²) in [7, 11) is 2.05. The van der Waals surface area contributed by atoms with Crippen LogP contribution in [0.15, 0.2) is 28.7 Å². The normalized spacial score (nSPS) is 16.1. The molecule has 2 rings (SSSR count). The molecule has 19 heavy (non-hydrogen) atoms. The van der Waals surface area contributed by atoms with Crippen LogP contribution in [0.4, 0.5) is 0 Å². The molecule has 4 heteroatoms. The van der Waals surface area contributed by atoms with Crippen LogP contribution >= 0.6 is 28.1 Å². The highest BCUT2D eigenvalue weighted by molar-refractivity contribution is 9.10. The highest BCUT2D eigenvalue weighted by Gasteiger charge is 2.15. The fourth-order valence-corrected chi connectivity index (χ4v) is 3.19. The predicted octanol–water partition coefficient (Wildman–Crippen LogP) is 4.09. The highest BCUT2D eigenvalue weighted by Crippen LogP contribution is 2.18. The minimum absolute atomic E-state index is 0.575. The lowest BCUT2D eigenvalue weighted by molar-refractivity contribution is 0.392. The maximum Gasteiger partial charge on any atom is 0.169 e. The lowest BCUT2D eigenvalue weighted by Gasteiger charge is -2.28.